The van der Waals surface area contributed by atoms with E-state index < -0.39 is 16.1 Å². The van der Waals surface area contributed by atoms with E-state index in [2.05, 4.69) is 5.32 Å². The average Bonchev–Trinajstić information content (AvgIpc) is 2.85. The van der Waals surface area contributed by atoms with Crippen molar-refractivity contribution in [1.29, 1.82) is 0 Å². The summed E-state index contributed by atoms with van der Waals surface area (Å²) in [5.41, 5.74) is 2.29. The Kier molecular flexibility index (Phi) is 11.2. The molecule has 0 unspecified atom stereocenters. The summed E-state index contributed by atoms with van der Waals surface area (Å²) in [6.07, 6.45) is 2.86. The zero-order valence-electron chi connectivity index (χ0n) is 22.0. The van der Waals surface area contributed by atoms with E-state index in [1.165, 1.54) is 10.6 Å². The van der Waals surface area contributed by atoms with Gasteiger partial charge in [-0.15, -0.1) is 0 Å². The number of nitrogens with one attached hydrogen (secondary N) is 1. The van der Waals surface area contributed by atoms with Crippen molar-refractivity contribution in [3.05, 3.63) is 59.7 Å². The molecule has 2 amide bonds. The van der Waals surface area contributed by atoms with Gasteiger partial charge in [0.2, 0.25) is 21.8 Å². The van der Waals surface area contributed by atoms with E-state index in [0.717, 1.165) is 17.5 Å². The van der Waals surface area contributed by atoms with Crippen LogP contribution >= 0.6 is 0 Å². The largest absolute Gasteiger partial charge is 0.497 e. The van der Waals surface area contributed by atoms with Crippen LogP contribution < -0.4 is 14.4 Å². The van der Waals surface area contributed by atoms with Crippen molar-refractivity contribution in [2.45, 2.75) is 59.0 Å². The summed E-state index contributed by atoms with van der Waals surface area (Å²) in [6, 6.07) is 14.1. The van der Waals surface area contributed by atoms with Crippen LogP contribution in [0.15, 0.2) is 48.5 Å². The molecule has 0 radical (unpaired) electrons. The van der Waals surface area contributed by atoms with Crippen molar-refractivity contribution in [3.63, 3.8) is 0 Å². The molecule has 0 fully saturated rings. The molecule has 0 aliphatic carbocycles. The number of aryl methyl sites for hydroxylation is 1. The van der Waals surface area contributed by atoms with Crippen LogP contribution in [0.4, 0.5) is 5.69 Å². The van der Waals surface area contributed by atoms with Crippen molar-refractivity contribution < 1.29 is 22.7 Å². The molecule has 36 heavy (non-hydrogen) atoms. The van der Waals surface area contributed by atoms with Gasteiger partial charge in [0.15, 0.2) is 0 Å². The topological polar surface area (TPSA) is 96.0 Å². The van der Waals surface area contributed by atoms with Crippen LogP contribution in [-0.4, -0.2) is 57.6 Å². The van der Waals surface area contributed by atoms with Crippen molar-refractivity contribution in [1.82, 2.24) is 10.2 Å². The molecule has 0 heterocycles. The Balaban J connectivity index is 2.23. The lowest BCUT2D eigenvalue weighted by Crippen LogP contribution is -2.49. The molecule has 0 bridgehead atoms. The van der Waals surface area contributed by atoms with E-state index in [-0.39, 0.29) is 31.3 Å². The maximum Gasteiger partial charge on any atom is 0.242 e. The van der Waals surface area contributed by atoms with E-state index >= 15 is 0 Å². The van der Waals surface area contributed by atoms with E-state index in [4.69, 9.17) is 4.74 Å². The molecule has 0 saturated carbocycles. The first kappa shape index (κ1) is 29.2. The van der Waals surface area contributed by atoms with Crippen LogP contribution in [0.2, 0.25) is 0 Å². The third-order valence-corrected chi connectivity index (χ3v) is 7.14. The first-order chi connectivity index (χ1) is 17.1. The molecular weight excluding hydrogens is 478 g/mol. The fourth-order valence-electron chi connectivity index (χ4n) is 4.08. The summed E-state index contributed by atoms with van der Waals surface area (Å²) in [5, 5.41) is 2.90. The molecule has 198 valence electrons. The highest BCUT2D eigenvalue weighted by molar-refractivity contribution is 7.92. The minimum absolute atomic E-state index is 0.111. The number of ether oxygens (including phenoxy) is 1. The molecule has 0 aliphatic rings. The fourth-order valence-corrected chi connectivity index (χ4v) is 5.10. The van der Waals surface area contributed by atoms with Crippen LogP contribution in [0, 0.1) is 6.92 Å². The number of hydrogen-bond acceptors (Lipinski definition) is 5. The van der Waals surface area contributed by atoms with Crippen molar-refractivity contribution >= 4 is 27.5 Å². The van der Waals surface area contributed by atoms with Crippen LogP contribution in [0.25, 0.3) is 0 Å². The molecule has 2 aromatic carbocycles. The third-order valence-electron chi connectivity index (χ3n) is 5.96. The van der Waals surface area contributed by atoms with E-state index in [9.17, 15) is 18.0 Å². The van der Waals surface area contributed by atoms with Gasteiger partial charge in [0, 0.05) is 26.1 Å². The van der Waals surface area contributed by atoms with Gasteiger partial charge in [-0.2, -0.15) is 0 Å². The number of carbonyl (C=O) groups excluding carboxylic acids is 2. The number of rotatable bonds is 14. The molecule has 0 aliphatic heterocycles. The Bertz CT molecular complexity index is 1120. The van der Waals surface area contributed by atoms with Gasteiger partial charge in [-0.3, -0.25) is 13.9 Å². The number of benzene rings is 2. The van der Waals surface area contributed by atoms with E-state index in [0.29, 0.717) is 30.8 Å². The Morgan fingerprint density at radius 1 is 1.08 bits per heavy atom. The summed E-state index contributed by atoms with van der Waals surface area (Å²) in [5.74, 6) is 0.285. The highest BCUT2D eigenvalue weighted by Gasteiger charge is 2.29. The van der Waals surface area contributed by atoms with Crippen LogP contribution in [0.1, 0.15) is 50.7 Å². The number of carbonyl (C=O) groups is 2. The van der Waals surface area contributed by atoms with Crippen molar-refractivity contribution in [2.24, 2.45) is 0 Å². The van der Waals surface area contributed by atoms with Crippen LogP contribution in [0.3, 0.4) is 0 Å². The quantitative estimate of drug-likeness (QED) is 0.410. The standard InChI is InChI=1S/C27H39N3O5S/c1-6-17-28-27(32)24(7-2)29(20-22-13-10-14-23(19-22)35-4)26(31)16-11-18-30(36(5,33)34)25-15-9-8-12-21(25)3/h8-10,12-15,19,24H,6-7,11,16-18,20H2,1-5H3,(H,28,32)/t24-/m0/s1. The molecule has 8 nitrogen and oxygen atoms in total. The summed E-state index contributed by atoms with van der Waals surface area (Å²) < 4.78 is 31.7. The van der Waals surface area contributed by atoms with Gasteiger partial charge in [0.25, 0.3) is 0 Å². The predicted molar refractivity (Wildman–Crippen MR) is 144 cm³/mol. The lowest BCUT2D eigenvalue weighted by molar-refractivity contribution is -0.141. The molecular formula is C27H39N3O5S. The Morgan fingerprint density at radius 3 is 2.42 bits per heavy atom. The smallest absolute Gasteiger partial charge is 0.242 e. The summed E-state index contributed by atoms with van der Waals surface area (Å²) in [6.45, 7) is 6.67. The minimum Gasteiger partial charge on any atom is -0.497 e. The summed E-state index contributed by atoms with van der Waals surface area (Å²) >= 11 is 0. The number of nitrogens with zero attached hydrogens (tertiary/aromatic N) is 2. The van der Waals surface area contributed by atoms with E-state index in [1.54, 1.807) is 24.1 Å². The lowest BCUT2D eigenvalue weighted by Gasteiger charge is -2.31. The zero-order valence-corrected chi connectivity index (χ0v) is 22.8. The second-order valence-corrected chi connectivity index (χ2v) is 10.7. The highest BCUT2D eigenvalue weighted by Crippen LogP contribution is 2.23. The van der Waals surface area contributed by atoms with Gasteiger partial charge in [0.1, 0.15) is 11.8 Å². The molecule has 9 heteroatoms. The van der Waals surface area contributed by atoms with Gasteiger partial charge >= 0.3 is 0 Å². The number of methoxy groups -OCH3 is 1. The normalized spacial score (nSPS) is 12.0. The number of sulfonamides is 1. The Labute approximate surface area is 215 Å². The highest BCUT2D eigenvalue weighted by atomic mass is 32.2. The van der Waals surface area contributed by atoms with Gasteiger partial charge < -0.3 is 15.0 Å². The number of anilines is 1. The number of hydrogen-bond donors (Lipinski definition) is 1. The maximum absolute atomic E-state index is 13.5. The molecule has 0 saturated heterocycles. The lowest BCUT2D eigenvalue weighted by atomic mass is 10.1. The summed E-state index contributed by atoms with van der Waals surface area (Å²) in [4.78, 5) is 28.0. The molecule has 1 atom stereocenters. The van der Waals surface area contributed by atoms with Gasteiger partial charge in [-0.1, -0.05) is 44.2 Å². The monoisotopic (exact) mass is 517 g/mol. The van der Waals surface area contributed by atoms with Gasteiger partial charge in [0.05, 0.1) is 19.1 Å². The SMILES string of the molecule is CCCNC(=O)[C@H](CC)N(Cc1cccc(OC)c1)C(=O)CCCN(c1ccccc1C)S(C)(=O)=O. The first-order valence-electron chi connectivity index (χ1n) is 12.4. The second kappa shape index (κ2) is 13.9. The molecule has 2 rings (SSSR count). The Hall–Kier alpha value is -3.07. The molecule has 1 N–H and O–H groups in total. The average molecular weight is 518 g/mol. The van der Waals surface area contributed by atoms with Crippen LogP contribution in [-0.2, 0) is 26.2 Å². The molecule has 2 aromatic rings. The predicted octanol–water partition coefficient (Wildman–Crippen LogP) is 3.88. The maximum atomic E-state index is 13.5. The van der Waals surface area contributed by atoms with Crippen molar-refractivity contribution in [3.8, 4) is 5.75 Å². The number of amides is 2. The van der Waals surface area contributed by atoms with Crippen LogP contribution in [0.5, 0.6) is 5.75 Å². The van der Waals surface area contributed by atoms with Gasteiger partial charge in [-0.05, 0) is 55.5 Å². The Morgan fingerprint density at radius 2 is 1.81 bits per heavy atom. The zero-order chi connectivity index (χ0) is 26.7. The summed E-state index contributed by atoms with van der Waals surface area (Å²) in [7, 11) is -1.95. The molecule has 0 aromatic heterocycles. The fraction of sp³-hybridized carbons (Fsp3) is 0.481. The van der Waals surface area contributed by atoms with Gasteiger partial charge in [-0.25, -0.2) is 8.42 Å². The number of para-hydroxylation sites is 1. The minimum atomic E-state index is -3.53. The molecule has 0 spiro atoms. The first-order valence-corrected chi connectivity index (χ1v) is 14.2. The second-order valence-electron chi connectivity index (χ2n) is 8.81. The van der Waals surface area contributed by atoms with Crippen molar-refractivity contribution in [2.75, 3.05) is 30.8 Å². The third kappa shape index (κ3) is 8.26. The van der Waals surface area contributed by atoms with E-state index in [1.807, 2.05) is 57.2 Å².